The number of aryl methyl sites for hydroxylation is 1. The van der Waals surface area contributed by atoms with E-state index in [0.717, 1.165) is 10.9 Å². The predicted molar refractivity (Wildman–Crippen MR) is 80.9 cm³/mol. The number of imide groups is 1. The van der Waals surface area contributed by atoms with Crippen LogP contribution >= 0.6 is 0 Å². The molecule has 0 aliphatic carbocycles. The molecule has 1 fully saturated rings. The van der Waals surface area contributed by atoms with E-state index in [-0.39, 0.29) is 23.5 Å². The molecule has 1 aromatic heterocycles. The van der Waals surface area contributed by atoms with Gasteiger partial charge in [-0.1, -0.05) is 6.07 Å². The highest BCUT2D eigenvalue weighted by Crippen LogP contribution is 2.18. The van der Waals surface area contributed by atoms with Crippen molar-refractivity contribution in [2.24, 2.45) is 0 Å². The lowest BCUT2D eigenvalue weighted by molar-refractivity contribution is -0.125. The van der Waals surface area contributed by atoms with E-state index in [0.29, 0.717) is 6.42 Å². The van der Waals surface area contributed by atoms with E-state index in [2.05, 4.69) is 10.6 Å². The monoisotopic (exact) mass is 314 g/mol. The highest BCUT2D eigenvalue weighted by Gasteiger charge is 2.28. The fourth-order valence-electron chi connectivity index (χ4n) is 2.55. The second kappa shape index (κ2) is 5.68. The highest BCUT2D eigenvalue weighted by molar-refractivity contribution is 6.08. The summed E-state index contributed by atoms with van der Waals surface area (Å²) in [6.07, 6.45) is 0.635. The van der Waals surface area contributed by atoms with Gasteiger partial charge in [0.15, 0.2) is 0 Å². The second-order valence-electron chi connectivity index (χ2n) is 5.44. The number of carbonyl (C=O) groups excluding carboxylic acids is 3. The van der Waals surface area contributed by atoms with Crippen molar-refractivity contribution in [3.8, 4) is 0 Å². The summed E-state index contributed by atoms with van der Waals surface area (Å²) < 4.78 is 5.07. The Labute approximate surface area is 130 Å². The lowest BCUT2D eigenvalue weighted by atomic mass is 10.1. The van der Waals surface area contributed by atoms with Crippen LogP contribution in [0.1, 0.15) is 28.8 Å². The summed E-state index contributed by atoms with van der Waals surface area (Å²) in [6.45, 7) is 1.77. The fraction of sp³-hybridized carbons (Fsp3) is 0.250. The molecule has 0 unspecified atom stereocenters. The number of nitrogens with one attached hydrogen (secondary N) is 2. The van der Waals surface area contributed by atoms with Crippen LogP contribution in [0.2, 0.25) is 0 Å². The third-order valence-electron chi connectivity index (χ3n) is 3.76. The van der Waals surface area contributed by atoms with Gasteiger partial charge in [-0.3, -0.25) is 19.7 Å². The molecule has 3 amide bonds. The van der Waals surface area contributed by atoms with Gasteiger partial charge in [0, 0.05) is 23.4 Å². The Morgan fingerprint density at radius 2 is 2.04 bits per heavy atom. The van der Waals surface area contributed by atoms with Crippen LogP contribution in [0, 0.1) is 6.92 Å². The molecule has 1 aliphatic rings. The van der Waals surface area contributed by atoms with Crippen molar-refractivity contribution in [3.63, 3.8) is 0 Å². The van der Waals surface area contributed by atoms with Crippen LogP contribution in [0.15, 0.2) is 33.5 Å². The van der Waals surface area contributed by atoms with Gasteiger partial charge in [0.2, 0.25) is 11.8 Å². The average molecular weight is 314 g/mol. The van der Waals surface area contributed by atoms with Crippen molar-refractivity contribution in [2.45, 2.75) is 25.8 Å². The van der Waals surface area contributed by atoms with Gasteiger partial charge in [-0.2, -0.15) is 0 Å². The van der Waals surface area contributed by atoms with Gasteiger partial charge in [0.05, 0.1) is 0 Å². The summed E-state index contributed by atoms with van der Waals surface area (Å²) in [5, 5.41) is 5.45. The van der Waals surface area contributed by atoms with E-state index >= 15 is 0 Å². The van der Waals surface area contributed by atoms with Gasteiger partial charge >= 0.3 is 5.63 Å². The molecule has 23 heavy (non-hydrogen) atoms. The van der Waals surface area contributed by atoms with E-state index in [1.54, 1.807) is 19.1 Å². The van der Waals surface area contributed by atoms with Gasteiger partial charge in [-0.15, -0.1) is 0 Å². The summed E-state index contributed by atoms with van der Waals surface area (Å²) in [5.41, 5.74) is 0.721. The van der Waals surface area contributed by atoms with Gasteiger partial charge in [0.1, 0.15) is 11.6 Å². The molecular formula is C16H14N2O5. The zero-order valence-electron chi connectivity index (χ0n) is 12.3. The van der Waals surface area contributed by atoms with Gasteiger partial charge in [-0.05, 0) is 31.0 Å². The Balaban J connectivity index is 1.82. The van der Waals surface area contributed by atoms with E-state index < -0.39 is 23.5 Å². The molecule has 2 N–H and O–H groups in total. The van der Waals surface area contributed by atoms with Crippen LogP contribution in [-0.4, -0.2) is 23.8 Å². The molecule has 2 heterocycles. The smallest absolute Gasteiger partial charge is 0.336 e. The fourth-order valence-corrected chi connectivity index (χ4v) is 2.55. The van der Waals surface area contributed by atoms with Crippen LogP contribution in [0.5, 0.6) is 0 Å². The molecule has 1 saturated heterocycles. The first-order valence-corrected chi connectivity index (χ1v) is 7.13. The minimum Gasteiger partial charge on any atom is -0.423 e. The van der Waals surface area contributed by atoms with Crippen LogP contribution in [0.3, 0.4) is 0 Å². The Hall–Kier alpha value is -2.96. The number of hydrogen-bond acceptors (Lipinski definition) is 5. The van der Waals surface area contributed by atoms with Crippen LogP contribution in [-0.2, 0) is 9.59 Å². The van der Waals surface area contributed by atoms with E-state index in [1.165, 1.54) is 12.1 Å². The predicted octanol–water partition coefficient (Wildman–Crippen LogP) is 0.636. The number of rotatable bonds is 2. The second-order valence-corrected chi connectivity index (χ2v) is 5.44. The minimum absolute atomic E-state index is 0.198. The molecule has 0 saturated carbocycles. The summed E-state index contributed by atoms with van der Waals surface area (Å²) in [6, 6.07) is 5.30. The maximum absolute atomic E-state index is 12.1. The topological polar surface area (TPSA) is 105 Å². The lowest BCUT2D eigenvalue weighted by Crippen LogP contribution is -2.44. The third-order valence-corrected chi connectivity index (χ3v) is 3.76. The zero-order valence-corrected chi connectivity index (χ0v) is 12.3. The van der Waals surface area contributed by atoms with E-state index in [4.69, 9.17) is 4.42 Å². The largest absolute Gasteiger partial charge is 0.423 e. The van der Waals surface area contributed by atoms with Gasteiger partial charge in [0.25, 0.3) is 5.91 Å². The molecule has 1 aromatic carbocycles. The standard InChI is InChI=1S/C16H14N2O5/c1-8-6-14(20)23-12-7-9(2-3-10(8)12)15(21)18-16(22)11-4-5-13(19)17-11/h2-3,6-7,11H,4-5H2,1H3,(H,17,19)(H,18,21,22)/t11-/m0/s1. The van der Waals surface area contributed by atoms with E-state index in [9.17, 15) is 19.2 Å². The van der Waals surface area contributed by atoms with Crippen LogP contribution in [0.25, 0.3) is 11.0 Å². The molecule has 7 heteroatoms. The Bertz CT molecular complexity index is 884. The number of benzene rings is 1. The first kappa shape index (κ1) is 15.0. The number of fused-ring (bicyclic) bond motifs is 1. The summed E-state index contributed by atoms with van der Waals surface area (Å²) in [7, 11) is 0. The van der Waals surface area contributed by atoms with Crippen molar-refractivity contribution < 1.29 is 18.8 Å². The Morgan fingerprint density at radius 3 is 2.74 bits per heavy atom. The number of amides is 3. The first-order valence-electron chi connectivity index (χ1n) is 7.13. The molecule has 2 aromatic rings. The van der Waals surface area contributed by atoms with Crippen molar-refractivity contribution in [1.82, 2.24) is 10.6 Å². The molecule has 1 atom stereocenters. The lowest BCUT2D eigenvalue weighted by Gasteiger charge is -2.10. The molecule has 0 bridgehead atoms. The van der Waals surface area contributed by atoms with E-state index in [1.807, 2.05) is 0 Å². The minimum atomic E-state index is -0.688. The van der Waals surface area contributed by atoms with Crippen molar-refractivity contribution >= 4 is 28.7 Å². The van der Waals surface area contributed by atoms with Crippen LogP contribution in [0.4, 0.5) is 0 Å². The number of hydrogen-bond donors (Lipinski definition) is 2. The Kier molecular flexibility index (Phi) is 3.69. The quantitative estimate of drug-likeness (QED) is 0.625. The summed E-state index contributed by atoms with van der Waals surface area (Å²) in [5.74, 6) is -1.37. The van der Waals surface area contributed by atoms with Gasteiger partial charge < -0.3 is 9.73 Å². The molecule has 1 aliphatic heterocycles. The number of carbonyl (C=O) groups is 3. The Morgan fingerprint density at radius 1 is 1.26 bits per heavy atom. The SMILES string of the molecule is Cc1cc(=O)oc2cc(C(=O)NC(=O)[C@@H]3CCC(=O)N3)ccc12. The molecular weight excluding hydrogens is 300 g/mol. The van der Waals surface area contributed by atoms with Gasteiger partial charge in [-0.25, -0.2) is 4.79 Å². The third kappa shape index (κ3) is 2.98. The molecule has 3 rings (SSSR count). The molecule has 118 valence electrons. The van der Waals surface area contributed by atoms with Crippen molar-refractivity contribution in [3.05, 3.63) is 45.8 Å². The molecule has 7 nitrogen and oxygen atoms in total. The first-order chi connectivity index (χ1) is 10.9. The zero-order chi connectivity index (χ0) is 16.6. The molecule has 0 radical (unpaired) electrons. The highest BCUT2D eigenvalue weighted by atomic mass is 16.4. The normalized spacial score (nSPS) is 17.1. The maximum atomic E-state index is 12.1. The summed E-state index contributed by atoms with van der Waals surface area (Å²) in [4.78, 5) is 46.6. The van der Waals surface area contributed by atoms with Crippen molar-refractivity contribution in [2.75, 3.05) is 0 Å². The maximum Gasteiger partial charge on any atom is 0.336 e. The molecule has 0 spiro atoms. The average Bonchev–Trinajstić information content (AvgIpc) is 2.93. The van der Waals surface area contributed by atoms with Crippen molar-refractivity contribution in [1.29, 1.82) is 0 Å². The summed E-state index contributed by atoms with van der Waals surface area (Å²) >= 11 is 0. The van der Waals surface area contributed by atoms with Crippen LogP contribution < -0.4 is 16.3 Å².